The van der Waals surface area contributed by atoms with Crippen LogP contribution >= 0.6 is 0 Å². The number of ketones is 1. The fourth-order valence-corrected chi connectivity index (χ4v) is 2.62. The van der Waals surface area contributed by atoms with E-state index >= 15 is 0 Å². The lowest BCUT2D eigenvalue weighted by Gasteiger charge is -2.10. The molecule has 2 nitrogen and oxygen atoms in total. The molecule has 1 aromatic heterocycles. The van der Waals surface area contributed by atoms with Gasteiger partial charge in [0.05, 0.1) is 0 Å². The Balaban J connectivity index is 2.24. The molecule has 0 atom stereocenters. The van der Waals surface area contributed by atoms with E-state index in [-0.39, 0.29) is 5.78 Å². The predicted molar refractivity (Wildman–Crippen MR) is 81.1 cm³/mol. The lowest BCUT2D eigenvalue weighted by atomic mass is 9.93. The highest BCUT2D eigenvalue weighted by atomic mass is 16.1. The van der Waals surface area contributed by atoms with Crippen molar-refractivity contribution in [1.82, 2.24) is 4.98 Å². The number of rotatable bonds is 2. The van der Waals surface area contributed by atoms with E-state index in [1.807, 2.05) is 56.3 Å². The highest BCUT2D eigenvalue weighted by Crippen LogP contribution is 2.23. The number of aromatic nitrogens is 1. The molecule has 0 aliphatic rings. The number of hydrogen-bond acceptors (Lipinski definition) is 2. The zero-order chi connectivity index (χ0) is 14.1. The molecule has 0 amide bonds. The molecule has 2 heteroatoms. The summed E-state index contributed by atoms with van der Waals surface area (Å²) in [5.41, 5.74) is 3.53. The van der Waals surface area contributed by atoms with E-state index in [0.717, 1.165) is 27.5 Å². The van der Waals surface area contributed by atoms with Crippen LogP contribution in [0.15, 0.2) is 54.9 Å². The van der Waals surface area contributed by atoms with Crippen LogP contribution in [-0.2, 0) is 0 Å². The molecule has 2 aromatic carbocycles. The van der Waals surface area contributed by atoms with Crippen molar-refractivity contribution < 1.29 is 4.79 Å². The van der Waals surface area contributed by atoms with Crippen LogP contribution in [-0.4, -0.2) is 10.8 Å². The molecule has 0 radical (unpaired) electrons. The van der Waals surface area contributed by atoms with E-state index in [4.69, 9.17) is 0 Å². The Hall–Kier alpha value is -2.48. The number of aryl methyl sites for hydroxylation is 2. The van der Waals surface area contributed by atoms with Gasteiger partial charge < -0.3 is 0 Å². The van der Waals surface area contributed by atoms with Crippen LogP contribution in [0, 0.1) is 13.8 Å². The Kier molecular flexibility index (Phi) is 3.07. The number of fused-ring (bicyclic) bond motifs is 1. The smallest absolute Gasteiger partial charge is 0.194 e. The van der Waals surface area contributed by atoms with E-state index < -0.39 is 0 Å². The molecule has 0 fully saturated rings. The first kappa shape index (κ1) is 12.5. The molecule has 0 unspecified atom stereocenters. The molecule has 0 N–H and O–H groups in total. The van der Waals surface area contributed by atoms with Crippen LogP contribution in [0.3, 0.4) is 0 Å². The van der Waals surface area contributed by atoms with Crippen molar-refractivity contribution >= 4 is 16.6 Å². The first-order valence-corrected chi connectivity index (χ1v) is 6.62. The maximum atomic E-state index is 12.9. The van der Waals surface area contributed by atoms with Gasteiger partial charge in [0.2, 0.25) is 0 Å². The van der Waals surface area contributed by atoms with E-state index in [1.165, 1.54) is 0 Å². The van der Waals surface area contributed by atoms with Gasteiger partial charge in [-0.15, -0.1) is 0 Å². The van der Waals surface area contributed by atoms with Crippen molar-refractivity contribution in [2.45, 2.75) is 13.8 Å². The summed E-state index contributed by atoms with van der Waals surface area (Å²) in [7, 11) is 0. The summed E-state index contributed by atoms with van der Waals surface area (Å²) < 4.78 is 0. The lowest BCUT2D eigenvalue weighted by molar-refractivity contribution is 0.103. The van der Waals surface area contributed by atoms with Crippen LogP contribution in [0.2, 0.25) is 0 Å². The van der Waals surface area contributed by atoms with E-state index in [1.54, 1.807) is 12.4 Å². The monoisotopic (exact) mass is 261 g/mol. The van der Waals surface area contributed by atoms with Gasteiger partial charge in [-0.1, -0.05) is 36.4 Å². The summed E-state index contributed by atoms with van der Waals surface area (Å²) in [6.07, 6.45) is 3.51. The van der Waals surface area contributed by atoms with Gasteiger partial charge in [-0.05, 0) is 36.4 Å². The van der Waals surface area contributed by atoms with Crippen molar-refractivity contribution in [3.8, 4) is 0 Å². The molecule has 0 spiro atoms. The fourth-order valence-electron chi connectivity index (χ4n) is 2.62. The van der Waals surface area contributed by atoms with Crippen molar-refractivity contribution in [3.05, 3.63) is 77.1 Å². The summed E-state index contributed by atoms with van der Waals surface area (Å²) in [5, 5.41) is 1.94. The van der Waals surface area contributed by atoms with Crippen molar-refractivity contribution in [1.29, 1.82) is 0 Å². The Morgan fingerprint density at radius 3 is 2.40 bits per heavy atom. The fraction of sp³-hybridized carbons (Fsp3) is 0.111. The number of pyridine rings is 1. The summed E-state index contributed by atoms with van der Waals surface area (Å²) >= 11 is 0. The second kappa shape index (κ2) is 4.89. The molecular weight excluding hydrogens is 246 g/mol. The van der Waals surface area contributed by atoms with E-state index in [0.29, 0.717) is 5.56 Å². The normalized spacial score (nSPS) is 10.7. The van der Waals surface area contributed by atoms with Gasteiger partial charge in [0.15, 0.2) is 5.78 Å². The largest absolute Gasteiger partial charge is 0.289 e. The standard InChI is InChI=1S/C18H15NO/c1-12-5-3-6-13(2)17(12)18(20)15-8-4-7-14-9-10-19-11-16(14)15/h3-11H,1-2H3. The number of nitrogens with zero attached hydrogens (tertiary/aromatic N) is 1. The SMILES string of the molecule is Cc1cccc(C)c1C(=O)c1cccc2ccncc12. The molecular formula is C18H15NO. The second-order valence-corrected chi connectivity index (χ2v) is 5.00. The molecule has 0 saturated heterocycles. The van der Waals surface area contributed by atoms with Crippen LogP contribution in [0.25, 0.3) is 10.8 Å². The maximum Gasteiger partial charge on any atom is 0.194 e. The summed E-state index contributed by atoms with van der Waals surface area (Å²) in [5.74, 6) is 0.0687. The zero-order valence-electron chi connectivity index (χ0n) is 11.6. The third-order valence-electron chi connectivity index (χ3n) is 3.64. The maximum absolute atomic E-state index is 12.9. The van der Waals surface area contributed by atoms with Crippen molar-refractivity contribution in [2.24, 2.45) is 0 Å². The molecule has 0 aliphatic carbocycles. The number of carbonyl (C=O) groups is 1. The van der Waals surface area contributed by atoms with Gasteiger partial charge in [0.25, 0.3) is 0 Å². The molecule has 0 bridgehead atoms. The molecule has 1 heterocycles. The Labute approximate surface area is 118 Å². The second-order valence-electron chi connectivity index (χ2n) is 5.00. The molecule has 98 valence electrons. The molecule has 3 rings (SSSR count). The summed E-state index contributed by atoms with van der Waals surface area (Å²) in [6, 6.07) is 13.6. The van der Waals surface area contributed by atoms with Gasteiger partial charge in [0, 0.05) is 28.9 Å². The molecule has 20 heavy (non-hydrogen) atoms. The quantitative estimate of drug-likeness (QED) is 0.650. The first-order valence-electron chi connectivity index (χ1n) is 6.62. The van der Waals surface area contributed by atoms with Gasteiger partial charge in [-0.25, -0.2) is 0 Å². The molecule has 0 aliphatic heterocycles. The number of hydrogen-bond donors (Lipinski definition) is 0. The third-order valence-corrected chi connectivity index (χ3v) is 3.64. The Bertz CT molecular complexity index is 780. The van der Waals surface area contributed by atoms with Crippen LogP contribution in [0.1, 0.15) is 27.0 Å². The summed E-state index contributed by atoms with van der Waals surface area (Å²) in [4.78, 5) is 17.0. The predicted octanol–water partition coefficient (Wildman–Crippen LogP) is 4.08. The number of carbonyl (C=O) groups excluding carboxylic acids is 1. The van der Waals surface area contributed by atoms with Crippen LogP contribution in [0.5, 0.6) is 0 Å². The third kappa shape index (κ3) is 1.99. The average molecular weight is 261 g/mol. The van der Waals surface area contributed by atoms with Gasteiger partial charge >= 0.3 is 0 Å². The number of benzene rings is 2. The highest BCUT2D eigenvalue weighted by molar-refractivity contribution is 6.17. The Morgan fingerprint density at radius 2 is 1.65 bits per heavy atom. The minimum Gasteiger partial charge on any atom is -0.289 e. The highest BCUT2D eigenvalue weighted by Gasteiger charge is 2.16. The summed E-state index contributed by atoms with van der Waals surface area (Å²) in [6.45, 7) is 3.95. The zero-order valence-corrected chi connectivity index (χ0v) is 11.6. The minimum atomic E-state index is 0.0687. The van der Waals surface area contributed by atoms with Crippen LogP contribution in [0.4, 0.5) is 0 Å². The average Bonchev–Trinajstić information content (AvgIpc) is 2.46. The van der Waals surface area contributed by atoms with Crippen molar-refractivity contribution in [3.63, 3.8) is 0 Å². The minimum absolute atomic E-state index is 0.0687. The van der Waals surface area contributed by atoms with Gasteiger partial charge in [-0.3, -0.25) is 9.78 Å². The van der Waals surface area contributed by atoms with Crippen LogP contribution < -0.4 is 0 Å². The van der Waals surface area contributed by atoms with Gasteiger partial charge in [-0.2, -0.15) is 0 Å². The Morgan fingerprint density at radius 1 is 0.950 bits per heavy atom. The molecule has 3 aromatic rings. The van der Waals surface area contributed by atoms with Crippen molar-refractivity contribution in [2.75, 3.05) is 0 Å². The van der Waals surface area contributed by atoms with E-state index in [2.05, 4.69) is 4.98 Å². The van der Waals surface area contributed by atoms with E-state index in [9.17, 15) is 4.79 Å². The first-order chi connectivity index (χ1) is 9.68. The molecule has 0 saturated carbocycles. The lowest BCUT2D eigenvalue weighted by Crippen LogP contribution is -2.06. The topological polar surface area (TPSA) is 30.0 Å². The van der Waals surface area contributed by atoms with Gasteiger partial charge in [0.1, 0.15) is 0 Å².